The lowest BCUT2D eigenvalue weighted by Gasteiger charge is -2.08. The van der Waals surface area contributed by atoms with Crippen LogP contribution >= 0.6 is 15.9 Å². The molecule has 1 aliphatic carbocycles. The zero-order chi connectivity index (χ0) is 10.1. The molecule has 0 unspecified atom stereocenters. The molecular weight excluding hydrogens is 244 g/mol. The number of hydrogen-bond acceptors (Lipinski definition) is 3. The predicted octanol–water partition coefficient (Wildman–Crippen LogP) is 2.64. The number of nitrogens with zero attached hydrogens (tertiary/aromatic N) is 2. The molecule has 1 aromatic heterocycles. The van der Waals surface area contributed by atoms with E-state index < -0.39 is 0 Å². The van der Waals surface area contributed by atoms with E-state index >= 15 is 0 Å². The quantitative estimate of drug-likeness (QED) is 0.834. The maximum atomic E-state index is 5.62. The van der Waals surface area contributed by atoms with Gasteiger partial charge in [0.1, 0.15) is 10.3 Å². The molecular formula is C10H13BrN2O. The maximum absolute atomic E-state index is 5.62. The molecule has 4 heteroatoms. The van der Waals surface area contributed by atoms with E-state index in [2.05, 4.69) is 25.9 Å². The van der Waals surface area contributed by atoms with Gasteiger partial charge >= 0.3 is 0 Å². The van der Waals surface area contributed by atoms with Gasteiger partial charge in [0.2, 0.25) is 5.88 Å². The summed E-state index contributed by atoms with van der Waals surface area (Å²) in [7, 11) is 0. The Balaban J connectivity index is 2.13. The van der Waals surface area contributed by atoms with Gasteiger partial charge in [-0.25, -0.2) is 4.98 Å². The molecule has 0 N–H and O–H groups in total. The topological polar surface area (TPSA) is 35.0 Å². The largest absolute Gasteiger partial charge is 0.476 e. The summed E-state index contributed by atoms with van der Waals surface area (Å²) in [4.78, 5) is 8.49. The second-order valence-corrected chi connectivity index (χ2v) is 4.52. The summed E-state index contributed by atoms with van der Waals surface area (Å²) in [6.07, 6.45) is 2.58. The van der Waals surface area contributed by atoms with Gasteiger partial charge in [0.25, 0.3) is 0 Å². The molecule has 14 heavy (non-hydrogen) atoms. The number of rotatable bonds is 3. The minimum Gasteiger partial charge on any atom is -0.476 e. The first kappa shape index (κ1) is 9.90. The van der Waals surface area contributed by atoms with E-state index in [1.807, 2.05) is 13.8 Å². The average Bonchev–Trinajstić information content (AvgIpc) is 2.92. The van der Waals surface area contributed by atoms with Gasteiger partial charge in [0, 0.05) is 0 Å². The number of hydrogen-bond donors (Lipinski definition) is 0. The SMILES string of the molecule is Cc1nc(C)c(Br)c(OCC2CC2)n1. The van der Waals surface area contributed by atoms with E-state index in [0.717, 1.165) is 28.5 Å². The van der Waals surface area contributed by atoms with Crippen molar-refractivity contribution in [1.82, 2.24) is 9.97 Å². The highest BCUT2D eigenvalue weighted by Crippen LogP contribution is 2.31. The summed E-state index contributed by atoms with van der Waals surface area (Å²) in [6.45, 7) is 4.61. The lowest BCUT2D eigenvalue weighted by Crippen LogP contribution is -2.04. The fraction of sp³-hybridized carbons (Fsp3) is 0.600. The van der Waals surface area contributed by atoms with Crippen molar-refractivity contribution < 1.29 is 4.74 Å². The van der Waals surface area contributed by atoms with Crippen LogP contribution in [0.2, 0.25) is 0 Å². The average molecular weight is 257 g/mol. The fourth-order valence-corrected chi connectivity index (χ4v) is 1.54. The number of ether oxygens (including phenoxy) is 1. The third-order valence-corrected chi connectivity index (χ3v) is 3.16. The second-order valence-electron chi connectivity index (χ2n) is 3.73. The first-order valence-corrected chi connectivity index (χ1v) is 5.59. The highest BCUT2D eigenvalue weighted by Gasteiger charge is 2.22. The molecule has 76 valence electrons. The van der Waals surface area contributed by atoms with Crippen LogP contribution in [0.25, 0.3) is 0 Å². The maximum Gasteiger partial charge on any atom is 0.231 e. The summed E-state index contributed by atoms with van der Waals surface area (Å²) < 4.78 is 6.50. The molecule has 0 saturated heterocycles. The lowest BCUT2D eigenvalue weighted by molar-refractivity contribution is 0.285. The minimum absolute atomic E-state index is 0.682. The Kier molecular flexibility index (Phi) is 2.72. The first-order chi connectivity index (χ1) is 6.66. The molecule has 0 amide bonds. The minimum atomic E-state index is 0.682. The number of halogens is 1. The van der Waals surface area contributed by atoms with Crippen molar-refractivity contribution in [3.63, 3.8) is 0 Å². The zero-order valence-corrected chi connectivity index (χ0v) is 9.97. The highest BCUT2D eigenvalue weighted by molar-refractivity contribution is 9.10. The van der Waals surface area contributed by atoms with E-state index in [4.69, 9.17) is 4.74 Å². The van der Waals surface area contributed by atoms with Crippen LogP contribution in [-0.2, 0) is 0 Å². The fourth-order valence-electron chi connectivity index (χ4n) is 1.24. The molecule has 3 nitrogen and oxygen atoms in total. The van der Waals surface area contributed by atoms with Gasteiger partial charge in [0.15, 0.2) is 0 Å². The Morgan fingerprint density at radius 1 is 1.36 bits per heavy atom. The predicted molar refractivity (Wildman–Crippen MR) is 57.4 cm³/mol. The Labute approximate surface area is 92.0 Å². The van der Waals surface area contributed by atoms with E-state index in [9.17, 15) is 0 Å². The highest BCUT2D eigenvalue weighted by atomic mass is 79.9. The van der Waals surface area contributed by atoms with Crippen molar-refractivity contribution >= 4 is 15.9 Å². The second kappa shape index (κ2) is 3.85. The molecule has 2 rings (SSSR count). The van der Waals surface area contributed by atoms with Crippen LogP contribution in [0.4, 0.5) is 0 Å². The summed E-state index contributed by atoms with van der Waals surface area (Å²) in [6, 6.07) is 0. The Morgan fingerprint density at radius 2 is 2.07 bits per heavy atom. The molecule has 0 bridgehead atoms. The van der Waals surface area contributed by atoms with Gasteiger partial charge in [0.05, 0.1) is 12.3 Å². The number of aromatic nitrogens is 2. The molecule has 0 spiro atoms. The van der Waals surface area contributed by atoms with Gasteiger partial charge < -0.3 is 4.74 Å². The van der Waals surface area contributed by atoms with Crippen molar-refractivity contribution in [3.8, 4) is 5.88 Å². The normalized spacial score (nSPS) is 15.6. The third-order valence-electron chi connectivity index (χ3n) is 2.25. The molecule has 1 saturated carbocycles. The van der Waals surface area contributed by atoms with Crippen LogP contribution in [-0.4, -0.2) is 16.6 Å². The van der Waals surface area contributed by atoms with Crippen molar-refractivity contribution in [2.45, 2.75) is 26.7 Å². The molecule has 1 heterocycles. The van der Waals surface area contributed by atoms with E-state index in [1.54, 1.807) is 0 Å². The van der Waals surface area contributed by atoms with E-state index in [-0.39, 0.29) is 0 Å². The molecule has 0 aliphatic heterocycles. The van der Waals surface area contributed by atoms with Crippen LogP contribution in [0, 0.1) is 19.8 Å². The Bertz CT molecular complexity index is 350. The van der Waals surface area contributed by atoms with Crippen LogP contribution < -0.4 is 4.74 Å². The van der Waals surface area contributed by atoms with Gasteiger partial charge in [-0.15, -0.1) is 0 Å². The van der Waals surface area contributed by atoms with Crippen LogP contribution in [0.1, 0.15) is 24.4 Å². The molecule has 0 aromatic carbocycles. The molecule has 1 aliphatic rings. The summed E-state index contributed by atoms with van der Waals surface area (Å²) in [5.41, 5.74) is 0.934. The van der Waals surface area contributed by atoms with E-state index in [0.29, 0.717) is 5.88 Å². The Hall–Kier alpha value is -0.640. The van der Waals surface area contributed by atoms with Gasteiger partial charge in [-0.3, -0.25) is 0 Å². The molecule has 0 atom stereocenters. The monoisotopic (exact) mass is 256 g/mol. The van der Waals surface area contributed by atoms with Crippen molar-refractivity contribution in [2.24, 2.45) is 5.92 Å². The van der Waals surface area contributed by atoms with Crippen LogP contribution in [0.3, 0.4) is 0 Å². The van der Waals surface area contributed by atoms with Crippen molar-refractivity contribution in [1.29, 1.82) is 0 Å². The molecule has 1 aromatic rings. The van der Waals surface area contributed by atoms with E-state index in [1.165, 1.54) is 12.8 Å². The smallest absolute Gasteiger partial charge is 0.231 e. The third kappa shape index (κ3) is 2.23. The van der Waals surface area contributed by atoms with Crippen LogP contribution in [0.15, 0.2) is 4.47 Å². The van der Waals surface area contributed by atoms with Crippen molar-refractivity contribution in [2.75, 3.05) is 6.61 Å². The first-order valence-electron chi connectivity index (χ1n) is 4.80. The van der Waals surface area contributed by atoms with Crippen LogP contribution in [0.5, 0.6) is 5.88 Å². The molecule has 0 radical (unpaired) electrons. The summed E-state index contributed by atoms with van der Waals surface area (Å²) >= 11 is 3.43. The standard InChI is InChI=1S/C10H13BrN2O/c1-6-9(11)10(13-7(2)12-6)14-5-8-3-4-8/h8H,3-5H2,1-2H3. The van der Waals surface area contributed by atoms with Gasteiger partial charge in [-0.05, 0) is 48.5 Å². The van der Waals surface area contributed by atoms with Gasteiger partial charge in [-0.2, -0.15) is 4.98 Å². The summed E-state index contributed by atoms with van der Waals surface area (Å²) in [5, 5.41) is 0. The lowest BCUT2D eigenvalue weighted by atomic mass is 10.4. The van der Waals surface area contributed by atoms with Gasteiger partial charge in [-0.1, -0.05) is 0 Å². The molecule has 1 fully saturated rings. The Morgan fingerprint density at radius 3 is 2.71 bits per heavy atom. The zero-order valence-electron chi connectivity index (χ0n) is 8.38. The number of aryl methyl sites for hydroxylation is 2. The van der Waals surface area contributed by atoms with Crippen molar-refractivity contribution in [3.05, 3.63) is 16.0 Å². The summed E-state index contributed by atoms with van der Waals surface area (Å²) in [5.74, 6) is 2.19.